The lowest BCUT2D eigenvalue weighted by Gasteiger charge is -2.17. The summed E-state index contributed by atoms with van der Waals surface area (Å²) in [6.45, 7) is 3.45. The molecule has 0 spiro atoms. The number of nitrogens with two attached hydrogens (primary N) is 1. The maximum Gasteiger partial charge on any atom is 0.0957 e. The molecular weight excluding hydrogens is 254 g/mol. The molecule has 0 saturated heterocycles. The largest absolute Gasteiger partial charge is 0.372 e. The first-order valence-electron chi connectivity index (χ1n) is 5.35. The smallest absolute Gasteiger partial charge is 0.0957 e. The normalized spacial score (nSPS) is 12.7. The van der Waals surface area contributed by atoms with Crippen molar-refractivity contribution in [2.24, 2.45) is 5.73 Å². The molecule has 0 saturated carbocycles. The van der Waals surface area contributed by atoms with Crippen molar-refractivity contribution in [3.05, 3.63) is 34.3 Å². The number of benzene rings is 1. The summed E-state index contributed by atoms with van der Waals surface area (Å²) in [5.41, 5.74) is 6.85. The zero-order valence-corrected chi connectivity index (χ0v) is 10.7. The van der Waals surface area contributed by atoms with Gasteiger partial charge in [-0.25, -0.2) is 0 Å². The van der Waals surface area contributed by atoms with E-state index in [1.165, 1.54) is 0 Å². The highest BCUT2D eigenvalue weighted by Gasteiger charge is 2.12. The molecule has 0 aromatic heterocycles. The summed E-state index contributed by atoms with van der Waals surface area (Å²) < 4.78 is 6.81. The van der Waals surface area contributed by atoms with Gasteiger partial charge in [-0.2, -0.15) is 0 Å². The Morgan fingerprint density at radius 1 is 1.40 bits per heavy atom. The third-order valence-corrected chi connectivity index (χ3v) is 3.01. The summed E-state index contributed by atoms with van der Waals surface area (Å²) in [5, 5.41) is 0. The van der Waals surface area contributed by atoms with Crippen molar-refractivity contribution in [3.63, 3.8) is 0 Å². The van der Waals surface area contributed by atoms with Crippen molar-refractivity contribution >= 4 is 15.9 Å². The van der Waals surface area contributed by atoms with Gasteiger partial charge in [-0.3, -0.25) is 0 Å². The first-order chi connectivity index (χ1) is 7.29. The van der Waals surface area contributed by atoms with E-state index in [2.05, 4.69) is 22.9 Å². The van der Waals surface area contributed by atoms with Gasteiger partial charge in [0.25, 0.3) is 0 Å². The molecule has 2 N–H and O–H groups in total. The Labute approximate surface area is 99.9 Å². The molecule has 0 heterocycles. The quantitative estimate of drug-likeness (QED) is 0.807. The van der Waals surface area contributed by atoms with Gasteiger partial charge in [-0.1, -0.05) is 47.5 Å². The zero-order valence-electron chi connectivity index (χ0n) is 9.08. The van der Waals surface area contributed by atoms with E-state index in [1.54, 1.807) is 0 Å². The molecule has 1 aromatic carbocycles. The maximum absolute atomic E-state index is 5.74. The van der Waals surface area contributed by atoms with Gasteiger partial charge < -0.3 is 10.5 Å². The Balaban J connectivity index is 2.61. The van der Waals surface area contributed by atoms with Crippen molar-refractivity contribution in [2.75, 3.05) is 13.2 Å². The lowest BCUT2D eigenvalue weighted by molar-refractivity contribution is 0.0562. The fourth-order valence-electron chi connectivity index (χ4n) is 1.39. The van der Waals surface area contributed by atoms with Crippen molar-refractivity contribution in [1.29, 1.82) is 0 Å². The Morgan fingerprint density at radius 2 is 2.13 bits per heavy atom. The highest BCUT2D eigenvalue weighted by Crippen LogP contribution is 2.25. The van der Waals surface area contributed by atoms with E-state index >= 15 is 0 Å². The van der Waals surface area contributed by atoms with Crippen LogP contribution in [-0.4, -0.2) is 13.2 Å². The van der Waals surface area contributed by atoms with Gasteiger partial charge in [-0.05, 0) is 18.1 Å². The molecule has 3 heteroatoms. The third kappa shape index (κ3) is 3.93. The average Bonchev–Trinajstić information content (AvgIpc) is 2.26. The van der Waals surface area contributed by atoms with E-state index in [9.17, 15) is 0 Å². The van der Waals surface area contributed by atoms with Gasteiger partial charge in [0.05, 0.1) is 6.10 Å². The predicted octanol–water partition coefficient (Wildman–Crippen LogP) is 3.27. The molecule has 0 bridgehead atoms. The van der Waals surface area contributed by atoms with E-state index in [4.69, 9.17) is 10.5 Å². The lowest BCUT2D eigenvalue weighted by Crippen LogP contribution is -2.16. The van der Waals surface area contributed by atoms with Crippen molar-refractivity contribution in [1.82, 2.24) is 0 Å². The third-order valence-electron chi connectivity index (χ3n) is 2.28. The van der Waals surface area contributed by atoms with Gasteiger partial charge in [-0.15, -0.1) is 0 Å². The Hall–Kier alpha value is -0.380. The van der Waals surface area contributed by atoms with E-state index in [1.807, 2.05) is 24.3 Å². The highest BCUT2D eigenvalue weighted by molar-refractivity contribution is 9.10. The molecule has 2 nitrogen and oxygen atoms in total. The second-order valence-electron chi connectivity index (χ2n) is 3.47. The van der Waals surface area contributed by atoms with Crippen LogP contribution in [-0.2, 0) is 4.74 Å². The monoisotopic (exact) mass is 271 g/mol. The van der Waals surface area contributed by atoms with Gasteiger partial charge in [0.1, 0.15) is 0 Å². The van der Waals surface area contributed by atoms with Crippen molar-refractivity contribution in [2.45, 2.75) is 25.9 Å². The van der Waals surface area contributed by atoms with Crippen LogP contribution in [0.5, 0.6) is 0 Å². The summed E-state index contributed by atoms with van der Waals surface area (Å²) in [5.74, 6) is 0. The first-order valence-corrected chi connectivity index (χ1v) is 6.15. The van der Waals surface area contributed by atoms with Crippen LogP contribution in [0.3, 0.4) is 0 Å². The van der Waals surface area contributed by atoms with Gasteiger partial charge >= 0.3 is 0 Å². The summed E-state index contributed by atoms with van der Waals surface area (Å²) in [7, 11) is 0. The summed E-state index contributed by atoms with van der Waals surface area (Å²) in [4.78, 5) is 0. The fourth-order valence-corrected chi connectivity index (χ4v) is 1.93. The van der Waals surface area contributed by atoms with E-state index in [0.29, 0.717) is 6.54 Å². The SMILES string of the molecule is CCCCOC(CN)c1ccccc1Br. The molecule has 1 rings (SSSR count). The van der Waals surface area contributed by atoms with Crippen LogP contribution in [0.25, 0.3) is 0 Å². The van der Waals surface area contributed by atoms with Crippen LogP contribution >= 0.6 is 15.9 Å². The van der Waals surface area contributed by atoms with Crippen LogP contribution < -0.4 is 5.73 Å². The second kappa shape index (κ2) is 6.99. The minimum atomic E-state index is 0.00660. The molecule has 0 radical (unpaired) electrons. The molecule has 0 fully saturated rings. The van der Waals surface area contributed by atoms with Crippen LogP contribution in [0.1, 0.15) is 31.4 Å². The molecule has 0 amide bonds. The lowest BCUT2D eigenvalue weighted by atomic mass is 10.1. The minimum absolute atomic E-state index is 0.00660. The summed E-state index contributed by atoms with van der Waals surface area (Å²) in [6, 6.07) is 8.06. The summed E-state index contributed by atoms with van der Waals surface area (Å²) >= 11 is 3.51. The predicted molar refractivity (Wildman–Crippen MR) is 66.8 cm³/mol. The number of hydrogen-bond donors (Lipinski definition) is 1. The van der Waals surface area contributed by atoms with Crippen LogP contribution in [0.15, 0.2) is 28.7 Å². The number of rotatable bonds is 6. The van der Waals surface area contributed by atoms with E-state index in [0.717, 1.165) is 29.5 Å². The molecule has 1 aromatic rings. The second-order valence-corrected chi connectivity index (χ2v) is 4.32. The van der Waals surface area contributed by atoms with Crippen molar-refractivity contribution < 1.29 is 4.74 Å². The minimum Gasteiger partial charge on any atom is -0.372 e. The molecule has 84 valence electrons. The molecular formula is C12H18BrNO. The van der Waals surface area contributed by atoms with Crippen molar-refractivity contribution in [3.8, 4) is 0 Å². The van der Waals surface area contributed by atoms with Gasteiger partial charge in [0, 0.05) is 17.6 Å². The molecule has 15 heavy (non-hydrogen) atoms. The fraction of sp³-hybridized carbons (Fsp3) is 0.500. The number of unbranched alkanes of at least 4 members (excludes halogenated alkanes) is 1. The van der Waals surface area contributed by atoms with Crippen LogP contribution in [0.4, 0.5) is 0 Å². The number of hydrogen-bond acceptors (Lipinski definition) is 2. The van der Waals surface area contributed by atoms with Gasteiger partial charge in [0.2, 0.25) is 0 Å². The maximum atomic E-state index is 5.74. The standard InChI is InChI=1S/C12H18BrNO/c1-2-3-8-15-12(9-14)10-6-4-5-7-11(10)13/h4-7,12H,2-3,8-9,14H2,1H3. The van der Waals surface area contributed by atoms with E-state index < -0.39 is 0 Å². The first kappa shape index (κ1) is 12.7. The zero-order chi connectivity index (χ0) is 11.1. The summed E-state index contributed by atoms with van der Waals surface area (Å²) in [6.07, 6.45) is 2.24. The Kier molecular flexibility index (Phi) is 5.91. The molecule has 1 unspecified atom stereocenters. The number of halogens is 1. The molecule has 0 aliphatic carbocycles. The topological polar surface area (TPSA) is 35.2 Å². The van der Waals surface area contributed by atoms with Crippen LogP contribution in [0.2, 0.25) is 0 Å². The average molecular weight is 272 g/mol. The van der Waals surface area contributed by atoms with Crippen LogP contribution in [0, 0.1) is 0 Å². The molecule has 0 aliphatic heterocycles. The van der Waals surface area contributed by atoms with E-state index in [-0.39, 0.29) is 6.10 Å². The number of ether oxygens (including phenoxy) is 1. The molecule has 0 aliphatic rings. The Bertz CT molecular complexity index is 291. The molecule has 1 atom stereocenters. The van der Waals surface area contributed by atoms with Gasteiger partial charge in [0.15, 0.2) is 0 Å². The highest BCUT2D eigenvalue weighted by atomic mass is 79.9. The Morgan fingerprint density at radius 3 is 2.73 bits per heavy atom.